The van der Waals surface area contributed by atoms with E-state index >= 15 is 0 Å². The van der Waals surface area contributed by atoms with Gasteiger partial charge in [0.15, 0.2) is 5.75 Å². The van der Waals surface area contributed by atoms with Crippen LogP contribution in [0.1, 0.15) is 26.3 Å². The Labute approximate surface area is 119 Å². The maximum Gasteiger partial charge on any atom is 0.311 e. The molecule has 110 valence electrons. The molecule has 0 bridgehead atoms. The summed E-state index contributed by atoms with van der Waals surface area (Å²) >= 11 is -1.51. The van der Waals surface area contributed by atoms with Crippen LogP contribution in [0.25, 0.3) is 0 Å². The third-order valence-electron chi connectivity index (χ3n) is 2.49. The van der Waals surface area contributed by atoms with Crippen molar-refractivity contribution in [2.75, 3.05) is 7.11 Å². The number of hydrogen-bond donors (Lipinski definition) is 0. The maximum atomic E-state index is 13.9. The summed E-state index contributed by atoms with van der Waals surface area (Å²) in [5, 5.41) is 10.7. The molecule has 1 rings (SSSR count). The molecule has 0 heterocycles. The summed E-state index contributed by atoms with van der Waals surface area (Å²) in [6, 6.07) is 1.95. The van der Waals surface area contributed by atoms with Gasteiger partial charge in [0.05, 0.1) is 29.1 Å². The van der Waals surface area contributed by atoms with Gasteiger partial charge in [-0.05, 0) is 20.8 Å². The topological polar surface area (TPSA) is 87.8 Å². The molecule has 0 saturated carbocycles. The van der Waals surface area contributed by atoms with Gasteiger partial charge in [-0.1, -0.05) is 4.40 Å². The molecule has 0 radical (unpaired) electrons. The van der Waals surface area contributed by atoms with E-state index in [-0.39, 0.29) is 28.0 Å². The normalized spacial score (nSPS) is 13.4. The lowest BCUT2D eigenvalue weighted by Gasteiger charge is -2.09. The number of benzene rings is 1. The number of nitro benzene ring substituents is 1. The molecule has 0 amide bonds. The van der Waals surface area contributed by atoms with Gasteiger partial charge in [0.1, 0.15) is 11.1 Å². The summed E-state index contributed by atoms with van der Waals surface area (Å²) in [6.07, 6.45) is 0. The molecule has 0 spiro atoms. The van der Waals surface area contributed by atoms with E-state index in [0.717, 1.165) is 12.1 Å². The second kappa shape index (κ2) is 6.67. The fourth-order valence-electron chi connectivity index (χ4n) is 1.42. The van der Waals surface area contributed by atoms with Gasteiger partial charge in [-0.2, -0.15) is 0 Å². The van der Waals surface area contributed by atoms with Gasteiger partial charge in [-0.3, -0.25) is 10.1 Å². The van der Waals surface area contributed by atoms with Crippen molar-refractivity contribution < 1.29 is 18.6 Å². The van der Waals surface area contributed by atoms with Crippen LogP contribution in [0.15, 0.2) is 16.5 Å². The number of halogens is 1. The van der Waals surface area contributed by atoms with E-state index in [4.69, 9.17) is 4.74 Å². The Kier molecular flexibility index (Phi) is 5.46. The molecule has 1 atom stereocenters. The minimum Gasteiger partial charge on any atom is -0.591 e. The van der Waals surface area contributed by atoms with Crippen molar-refractivity contribution in [3.63, 3.8) is 0 Å². The maximum absolute atomic E-state index is 13.9. The highest BCUT2D eigenvalue weighted by Crippen LogP contribution is 2.30. The average Bonchev–Trinajstić information content (AvgIpc) is 2.37. The zero-order valence-corrected chi connectivity index (χ0v) is 12.4. The van der Waals surface area contributed by atoms with E-state index in [1.807, 2.05) is 0 Å². The molecule has 6 nitrogen and oxygen atoms in total. The Morgan fingerprint density at radius 1 is 1.50 bits per heavy atom. The zero-order valence-electron chi connectivity index (χ0n) is 11.5. The predicted molar refractivity (Wildman–Crippen MR) is 75.1 cm³/mol. The molecule has 1 aromatic carbocycles. The predicted octanol–water partition coefficient (Wildman–Crippen LogP) is 2.62. The Morgan fingerprint density at radius 2 is 2.10 bits per heavy atom. The van der Waals surface area contributed by atoms with Crippen LogP contribution in [0.3, 0.4) is 0 Å². The average molecular weight is 302 g/mol. The van der Waals surface area contributed by atoms with Crippen LogP contribution in [-0.2, 0) is 11.4 Å². The monoisotopic (exact) mass is 302 g/mol. The Bertz CT molecular complexity index is 549. The first-order valence-electron chi connectivity index (χ1n) is 5.76. The summed E-state index contributed by atoms with van der Waals surface area (Å²) in [4.78, 5) is 10.2. The van der Waals surface area contributed by atoms with Gasteiger partial charge in [-0.15, -0.1) is 0 Å². The minimum absolute atomic E-state index is 0.0634. The minimum atomic E-state index is -1.51. The van der Waals surface area contributed by atoms with Gasteiger partial charge in [0.2, 0.25) is 0 Å². The van der Waals surface area contributed by atoms with E-state index in [1.54, 1.807) is 13.8 Å². The standard InChI is InChI=1S/C12H15FN2O4S/c1-7(2)20(18)14-8(3)9-5-11(15(16)17)12(19-4)6-10(9)13/h5-7H,1-4H3. The number of nitrogens with zero attached hydrogens (tertiary/aromatic N) is 2. The van der Waals surface area contributed by atoms with Crippen molar-refractivity contribution >= 4 is 22.8 Å². The van der Waals surface area contributed by atoms with Crippen molar-refractivity contribution in [1.29, 1.82) is 0 Å². The number of ether oxygens (including phenoxy) is 1. The Balaban J connectivity index is 3.32. The lowest BCUT2D eigenvalue weighted by Crippen LogP contribution is -2.14. The molecule has 1 aromatic rings. The molecule has 0 aromatic heterocycles. The highest BCUT2D eigenvalue weighted by Gasteiger charge is 2.22. The van der Waals surface area contributed by atoms with Crippen LogP contribution < -0.4 is 4.74 Å². The molecule has 0 saturated heterocycles. The largest absolute Gasteiger partial charge is 0.591 e. The lowest BCUT2D eigenvalue weighted by atomic mass is 10.1. The zero-order chi connectivity index (χ0) is 15.4. The first-order valence-corrected chi connectivity index (χ1v) is 6.93. The fraction of sp³-hybridized carbons (Fsp3) is 0.417. The first-order chi connectivity index (χ1) is 9.27. The van der Waals surface area contributed by atoms with Gasteiger partial charge < -0.3 is 9.29 Å². The second-order valence-corrected chi connectivity index (χ2v) is 5.94. The van der Waals surface area contributed by atoms with Crippen molar-refractivity contribution in [1.82, 2.24) is 0 Å². The van der Waals surface area contributed by atoms with E-state index in [9.17, 15) is 19.1 Å². The van der Waals surface area contributed by atoms with Gasteiger partial charge in [-0.25, -0.2) is 4.39 Å². The smallest absolute Gasteiger partial charge is 0.311 e. The van der Waals surface area contributed by atoms with E-state index in [1.165, 1.54) is 14.0 Å². The highest BCUT2D eigenvalue weighted by molar-refractivity contribution is 7.90. The fourth-order valence-corrected chi connectivity index (χ4v) is 2.00. The molecule has 0 N–H and O–H groups in total. The molecule has 0 aliphatic rings. The molecule has 1 unspecified atom stereocenters. The molecule has 20 heavy (non-hydrogen) atoms. The van der Waals surface area contributed by atoms with Crippen LogP contribution >= 0.6 is 0 Å². The summed E-state index contributed by atoms with van der Waals surface area (Å²) in [7, 11) is 1.22. The van der Waals surface area contributed by atoms with E-state index in [2.05, 4.69) is 4.40 Å². The van der Waals surface area contributed by atoms with Gasteiger partial charge in [0, 0.05) is 17.7 Å². The van der Waals surface area contributed by atoms with Gasteiger partial charge >= 0.3 is 5.69 Å². The highest BCUT2D eigenvalue weighted by atomic mass is 32.2. The molecule has 0 aliphatic carbocycles. The van der Waals surface area contributed by atoms with E-state index < -0.39 is 22.1 Å². The number of hydrogen-bond acceptors (Lipinski definition) is 5. The molecular formula is C12H15FN2O4S. The van der Waals surface area contributed by atoms with Crippen molar-refractivity contribution in [3.8, 4) is 5.75 Å². The van der Waals surface area contributed by atoms with Crippen molar-refractivity contribution in [2.45, 2.75) is 26.0 Å². The molecular weight excluding hydrogens is 287 g/mol. The number of methoxy groups -OCH3 is 1. The van der Waals surface area contributed by atoms with Crippen LogP contribution in [0.5, 0.6) is 5.75 Å². The summed E-state index contributed by atoms with van der Waals surface area (Å²) in [5.74, 6) is -0.886. The molecule has 0 fully saturated rings. The number of nitro groups is 1. The SMILES string of the molecule is COc1cc(F)c(C(C)=N[S+]([O-])C(C)C)cc1[N+](=O)[O-]. The molecule has 8 heteroatoms. The molecule has 0 aliphatic heterocycles. The third-order valence-corrected chi connectivity index (χ3v) is 3.75. The first kappa shape index (κ1) is 16.4. The number of rotatable bonds is 5. The summed E-state index contributed by atoms with van der Waals surface area (Å²) in [5.41, 5.74) is -0.291. The Hall–Kier alpha value is -1.67. The van der Waals surface area contributed by atoms with E-state index in [0.29, 0.717) is 0 Å². The van der Waals surface area contributed by atoms with Crippen LogP contribution in [-0.4, -0.2) is 27.5 Å². The van der Waals surface area contributed by atoms with Crippen molar-refractivity contribution in [2.24, 2.45) is 4.40 Å². The van der Waals surface area contributed by atoms with Crippen LogP contribution in [0.2, 0.25) is 0 Å². The summed E-state index contributed by atoms with van der Waals surface area (Å²) < 4.78 is 34.1. The van der Waals surface area contributed by atoms with Crippen LogP contribution in [0, 0.1) is 15.9 Å². The third kappa shape index (κ3) is 3.67. The summed E-state index contributed by atoms with van der Waals surface area (Å²) in [6.45, 7) is 4.87. The van der Waals surface area contributed by atoms with Crippen LogP contribution in [0.4, 0.5) is 10.1 Å². The van der Waals surface area contributed by atoms with Gasteiger partial charge in [0.25, 0.3) is 0 Å². The quantitative estimate of drug-likeness (QED) is 0.362. The lowest BCUT2D eigenvalue weighted by molar-refractivity contribution is -0.385. The van der Waals surface area contributed by atoms with Crippen molar-refractivity contribution in [3.05, 3.63) is 33.6 Å². The Morgan fingerprint density at radius 3 is 2.55 bits per heavy atom. The second-order valence-electron chi connectivity index (χ2n) is 4.26.